The molecular formula is C17H24FNO. The lowest BCUT2D eigenvalue weighted by Gasteiger charge is -2.17. The first-order valence-corrected chi connectivity index (χ1v) is 7.55. The molecule has 2 rings (SSSR count). The number of benzene rings is 1. The third kappa shape index (κ3) is 3.89. The molecule has 0 unspecified atom stereocenters. The third-order valence-corrected chi connectivity index (χ3v) is 4.35. The minimum absolute atomic E-state index is 0.0900. The summed E-state index contributed by atoms with van der Waals surface area (Å²) in [6.45, 7) is 4.90. The van der Waals surface area contributed by atoms with E-state index in [9.17, 15) is 9.18 Å². The van der Waals surface area contributed by atoms with Gasteiger partial charge in [0, 0.05) is 6.54 Å². The summed E-state index contributed by atoms with van der Waals surface area (Å²) in [5.41, 5.74) is 1.40. The lowest BCUT2D eigenvalue weighted by atomic mass is 9.94. The van der Waals surface area contributed by atoms with Gasteiger partial charge >= 0.3 is 0 Å². The van der Waals surface area contributed by atoms with E-state index >= 15 is 0 Å². The summed E-state index contributed by atoms with van der Waals surface area (Å²) in [5, 5.41) is 3.40. The van der Waals surface area contributed by atoms with Gasteiger partial charge in [-0.3, -0.25) is 4.79 Å². The fourth-order valence-corrected chi connectivity index (χ4v) is 2.97. The molecule has 0 aromatic heterocycles. The van der Waals surface area contributed by atoms with Gasteiger partial charge in [-0.2, -0.15) is 0 Å². The van der Waals surface area contributed by atoms with Gasteiger partial charge in [-0.1, -0.05) is 25.0 Å². The van der Waals surface area contributed by atoms with Crippen LogP contribution in [0, 0.1) is 18.7 Å². The number of carbonyl (C=O) groups is 1. The number of ketones is 1. The summed E-state index contributed by atoms with van der Waals surface area (Å²) < 4.78 is 13.6. The first-order valence-electron chi connectivity index (χ1n) is 7.55. The monoisotopic (exact) mass is 277 g/mol. The first kappa shape index (κ1) is 15.2. The Bertz CT molecular complexity index is 466. The van der Waals surface area contributed by atoms with E-state index in [-0.39, 0.29) is 17.5 Å². The van der Waals surface area contributed by atoms with Crippen LogP contribution in [0.3, 0.4) is 0 Å². The van der Waals surface area contributed by atoms with Crippen LogP contribution in [0.5, 0.6) is 0 Å². The van der Waals surface area contributed by atoms with Crippen molar-refractivity contribution in [3.63, 3.8) is 0 Å². The average molecular weight is 277 g/mol. The summed E-state index contributed by atoms with van der Waals surface area (Å²) in [6, 6.07) is 5.11. The molecule has 0 saturated heterocycles. The smallest absolute Gasteiger partial charge is 0.138 e. The van der Waals surface area contributed by atoms with Crippen LogP contribution in [0.4, 0.5) is 4.39 Å². The minimum atomic E-state index is -0.244. The molecule has 3 heteroatoms. The van der Waals surface area contributed by atoms with E-state index in [1.54, 1.807) is 19.9 Å². The third-order valence-electron chi connectivity index (χ3n) is 4.35. The summed E-state index contributed by atoms with van der Waals surface area (Å²) in [5.74, 6) is 0.362. The van der Waals surface area contributed by atoms with Gasteiger partial charge < -0.3 is 5.32 Å². The summed E-state index contributed by atoms with van der Waals surface area (Å²) >= 11 is 0. The fraction of sp³-hybridized carbons (Fsp3) is 0.588. The number of halogens is 1. The molecule has 1 aromatic carbocycles. The van der Waals surface area contributed by atoms with Gasteiger partial charge in [-0.25, -0.2) is 4.39 Å². The Labute approximate surface area is 120 Å². The van der Waals surface area contributed by atoms with Crippen LogP contribution in [0.2, 0.25) is 0 Å². The van der Waals surface area contributed by atoms with E-state index in [1.807, 2.05) is 6.07 Å². The zero-order valence-electron chi connectivity index (χ0n) is 12.4. The molecule has 1 fully saturated rings. The number of aryl methyl sites for hydroxylation is 1. The molecule has 0 aliphatic heterocycles. The van der Waals surface area contributed by atoms with E-state index in [4.69, 9.17) is 0 Å². The number of carbonyl (C=O) groups excluding carboxylic acids is 1. The summed E-state index contributed by atoms with van der Waals surface area (Å²) in [7, 11) is 0. The number of rotatable bonds is 6. The molecule has 1 aliphatic rings. The van der Waals surface area contributed by atoms with Crippen molar-refractivity contribution in [2.24, 2.45) is 5.92 Å². The largest absolute Gasteiger partial charge is 0.315 e. The van der Waals surface area contributed by atoms with Gasteiger partial charge in [-0.05, 0) is 56.3 Å². The van der Waals surface area contributed by atoms with Gasteiger partial charge in [-0.15, -0.1) is 0 Å². The predicted molar refractivity (Wildman–Crippen MR) is 79.4 cm³/mol. The maximum Gasteiger partial charge on any atom is 0.138 e. The second-order valence-corrected chi connectivity index (χ2v) is 5.98. The summed E-state index contributed by atoms with van der Waals surface area (Å²) in [4.78, 5) is 11.8. The normalized spacial score (nSPS) is 17.4. The van der Waals surface area contributed by atoms with Crippen LogP contribution in [0.25, 0.3) is 0 Å². The summed E-state index contributed by atoms with van der Waals surface area (Å²) in [6.07, 6.45) is 5.23. The molecule has 2 nitrogen and oxygen atoms in total. The molecule has 0 radical (unpaired) electrons. The minimum Gasteiger partial charge on any atom is -0.315 e. The Kier molecular flexibility index (Phi) is 5.30. The molecule has 1 atom stereocenters. The fourth-order valence-electron chi connectivity index (χ4n) is 2.97. The van der Waals surface area contributed by atoms with Crippen LogP contribution < -0.4 is 5.32 Å². The lowest BCUT2D eigenvalue weighted by Crippen LogP contribution is -2.29. The highest BCUT2D eigenvalue weighted by molar-refractivity contribution is 5.83. The number of hydrogen-bond acceptors (Lipinski definition) is 2. The van der Waals surface area contributed by atoms with Crippen molar-refractivity contribution in [1.29, 1.82) is 0 Å². The maximum atomic E-state index is 13.6. The molecular weight excluding hydrogens is 253 g/mol. The Morgan fingerprint density at radius 3 is 2.70 bits per heavy atom. The highest BCUT2D eigenvalue weighted by Gasteiger charge is 2.19. The zero-order valence-corrected chi connectivity index (χ0v) is 12.4. The van der Waals surface area contributed by atoms with Crippen molar-refractivity contribution in [3.8, 4) is 0 Å². The molecule has 0 spiro atoms. The van der Waals surface area contributed by atoms with Gasteiger partial charge in [0.2, 0.25) is 0 Å². The molecule has 1 aromatic rings. The standard InChI is InChI=1S/C17H24FNO/c1-12-7-8-15(9-17(12)18)16(13(2)20)11-19-10-14-5-3-4-6-14/h7-9,14,16,19H,3-6,10-11H2,1-2H3/t16-/m0/s1. The molecule has 110 valence electrons. The van der Waals surface area contributed by atoms with Gasteiger partial charge in [0.05, 0.1) is 5.92 Å². The van der Waals surface area contributed by atoms with Crippen molar-refractivity contribution in [1.82, 2.24) is 5.32 Å². The van der Waals surface area contributed by atoms with Crippen LogP contribution >= 0.6 is 0 Å². The van der Waals surface area contributed by atoms with Crippen molar-refractivity contribution < 1.29 is 9.18 Å². The van der Waals surface area contributed by atoms with Crippen molar-refractivity contribution in [2.45, 2.75) is 45.4 Å². The van der Waals surface area contributed by atoms with Crippen LogP contribution in [-0.2, 0) is 4.79 Å². The topological polar surface area (TPSA) is 29.1 Å². The molecule has 1 aliphatic carbocycles. The Hall–Kier alpha value is -1.22. The zero-order chi connectivity index (χ0) is 14.5. The van der Waals surface area contributed by atoms with Crippen molar-refractivity contribution in [2.75, 3.05) is 13.1 Å². The second kappa shape index (κ2) is 6.98. The van der Waals surface area contributed by atoms with Gasteiger partial charge in [0.25, 0.3) is 0 Å². The van der Waals surface area contributed by atoms with Crippen molar-refractivity contribution >= 4 is 5.78 Å². The molecule has 0 bridgehead atoms. The molecule has 20 heavy (non-hydrogen) atoms. The Balaban J connectivity index is 1.95. The van der Waals surface area contributed by atoms with E-state index < -0.39 is 0 Å². The maximum absolute atomic E-state index is 13.6. The van der Waals surface area contributed by atoms with Crippen LogP contribution in [0.15, 0.2) is 18.2 Å². The lowest BCUT2D eigenvalue weighted by molar-refractivity contribution is -0.118. The van der Waals surface area contributed by atoms with E-state index in [1.165, 1.54) is 31.7 Å². The average Bonchev–Trinajstić information content (AvgIpc) is 2.91. The Morgan fingerprint density at radius 2 is 2.10 bits per heavy atom. The number of Topliss-reactive ketones (excluding diaryl/α,β-unsaturated/α-hetero) is 1. The van der Waals surface area contributed by atoms with Crippen LogP contribution in [-0.4, -0.2) is 18.9 Å². The molecule has 0 heterocycles. The van der Waals surface area contributed by atoms with Gasteiger partial charge in [0.1, 0.15) is 11.6 Å². The second-order valence-electron chi connectivity index (χ2n) is 5.98. The quantitative estimate of drug-likeness (QED) is 0.861. The number of hydrogen-bond donors (Lipinski definition) is 1. The van der Waals surface area contributed by atoms with Gasteiger partial charge in [0.15, 0.2) is 0 Å². The van der Waals surface area contributed by atoms with Crippen LogP contribution in [0.1, 0.15) is 49.7 Å². The molecule has 1 saturated carbocycles. The number of nitrogens with one attached hydrogen (secondary N) is 1. The highest BCUT2D eigenvalue weighted by Crippen LogP contribution is 2.24. The predicted octanol–water partition coefficient (Wildman–Crippen LogP) is 3.59. The first-order chi connectivity index (χ1) is 9.58. The van der Waals surface area contributed by atoms with Crippen molar-refractivity contribution in [3.05, 3.63) is 35.1 Å². The van der Waals surface area contributed by atoms with E-state index in [0.29, 0.717) is 12.1 Å². The SMILES string of the molecule is CC(=O)[C@H](CNCC1CCCC1)c1ccc(C)c(F)c1. The molecule has 1 N–H and O–H groups in total. The van der Waals surface area contributed by atoms with E-state index in [2.05, 4.69) is 5.32 Å². The molecule has 0 amide bonds. The van der Waals surface area contributed by atoms with E-state index in [0.717, 1.165) is 18.0 Å². The highest BCUT2D eigenvalue weighted by atomic mass is 19.1. The Morgan fingerprint density at radius 1 is 1.40 bits per heavy atom.